The molecule has 0 aliphatic heterocycles. The second-order valence-corrected chi connectivity index (χ2v) is 4.35. The standard InChI is InChI=1S/C8H5N2O2.C8H5N2.2C2H6.CH3O.2CH4.2W/c11-9-5-6-10(12)8-4-2-1-3-7(8)9;1-2-4-8-7(3-1)9-5-6-10-8;3*1-2;;;;/h1-5H;1-5H;2*1-2H3;1H3;2*1H4;;/q2*-1;;;-1;;;;/i;;;;;2*1T;;. The molecule has 0 fully saturated rings. The fraction of sp³-hybridized carbons (Fsp3) is 0.304. The molecule has 0 aliphatic rings. The van der Waals surface area contributed by atoms with E-state index in [1.807, 2.05) is 52.0 Å². The summed E-state index contributed by atoms with van der Waals surface area (Å²) in [4.78, 5) is 8.06. The van der Waals surface area contributed by atoms with E-state index in [2.05, 4.69) is 22.4 Å². The topological polar surface area (TPSA) is 103 Å². The first-order valence-corrected chi connectivity index (χ1v) is 8.86. The zero-order chi connectivity index (χ0) is 25.4. The minimum atomic E-state index is 0. The summed E-state index contributed by atoms with van der Waals surface area (Å²) in [7, 11) is 3.25. The number of hydrogen-bond donors (Lipinski definition) is 0. The van der Waals surface area contributed by atoms with Crippen molar-refractivity contribution in [1.29, 1.82) is 0 Å². The molecule has 0 bridgehead atoms. The first kappa shape index (κ1) is 34.7. The van der Waals surface area contributed by atoms with Crippen LogP contribution in [0, 0.1) is 22.8 Å². The van der Waals surface area contributed by atoms with Crippen molar-refractivity contribution in [3.05, 3.63) is 83.7 Å². The van der Waals surface area contributed by atoms with Gasteiger partial charge in [-0.15, -0.1) is 12.3 Å². The summed E-state index contributed by atoms with van der Waals surface area (Å²) in [6.45, 7) is 8.00. The van der Waals surface area contributed by atoms with Gasteiger partial charge >= 0.3 is 0 Å². The van der Waals surface area contributed by atoms with Crippen LogP contribution in [-0.4, -0.2) is 17.1 Å². The summed E-state index contributed by atoms with van der Waals surface area (Å²) >= 11 is 0. The van der Waals surface area contributed by atoms with E-state index in [1.54, 1.807) is 30.5 Å². The van der Waals surface area contributed by atoms with Gasteiger partial charge in [-0.25, -0.2) is 0 Å². The molecule has 0 amide bonds. The second kappa shape index (κ2) is 25.3. The van der Waals surface area contributed by atoms with Gasteiger partial charge in [0, 0.05) is 50.4 Å². The fourth-order valence-corrected chi connectivity index (χ4v) is 1.93. The Labute approximate surface area is 224 Å². The number of benzene rings is 2. The summed E-state index contributed by atoms with van der Waals surface area (Å²) in [5, 5.41) is 30.4. The zero-order valence-electron chi connectivity index (χ0n) is 21.6. The maximum absolute atomic E-state index is 11.1. The van der Waals surface area contributed by atoms with Crippen LogP contribution in [0.3, 0.4) is 0 Å². The fourth-order valence-electron chi connectivity index (χ4n) is 1.93. The van der Waals surface area contributed by atoms with Crippen molar-refractivity contribution in [2.24, 2.45) is 0 Å². The predicted octanol–water partition coefficient (Wildman–Crippen LogP) is 3.63. The van der Waals surface area contributed by atoms with E-state index in [-0.39, 0.29) is 42.1 Å². The van der Waals surface area contributed by atoms with Crippen molar-refractivity contribution < 1.29 is 59.4 Å². The van der Waals surface area contributed by atoms with E-state index in [0.717, 1.165) is 24.3 Å². The van der Waals surface area contributed by atoms with Gasteiger partial charge in [-0.05, 0) is 12.3 Å². The van der Waals surface area contributed by atoms with Crippen molar-refractivity contribution in [3.63, 3.8) is 0 Å². The molecule has 0 atom stereocenters. The van der Waals surface area contributed by atoms with Crippen LogP contribution < -0.4 is 14.6 Å². The summed E-state index contributed by atoms with van der Waals surface area (Å²) < 4.78 is 12.7. The van der Waals surface area contributed by atoms with Crippen LogP contribution in [0.1, 0.15) is 45.2 Å². The van der Waals surface area contributed by atoms with Crippen LogP contribution in [0.5, 0.6) is 0 Å². The quantitative estimate of drug-likeness (QED) is 0.154. The largest absolute Gasteiger partial charge is 0.857 e. The Hall–Kier alpha value is -1.94. The molecule has 7 nitrogen and oxygen atoms in total. The van der Waals surface area contributed by atoms with Gasteiger partial charge in [-0.3, -0.25) is 4.98 Å². The molecule has 2 aromatic carbocycles. The third kappa shape index (κ3) is 12.8. The molecule has 9 heteroatoms. The monoisotopic (exact) mass is 785 g/mol. The van der Waals surface area contributed by atoms with Gasteiger partial charge in [0.25, 0.3) is 0 Å². The van der Waals surface area contributed by atoms with Crippen LogP contribution in [0.2, 0.25) is 0 Å². The minimum Gasteiger partial charge on any atom is -0.857 e. The first-order valence-electron chi connectivity index (χ1n) is 10.9. The Balaban J connectivity index is -0.000000117. The smallest absolute Gasteiger partial charge is 0.205 e. The molecule has 0 unspecified atom stereocenters. The van der Waals surface area contributed by atoms with Gasteiger partial charge in [0.2, 0.25) is 5.52 Å². The molecule has 32 heavy (non-hydrogen) atoms. The summed E-state index contributed by atoms with van der Waals surface area (Å²) in [5.41, 5.74) is 2.49. The molecule has 0 saturated heterocycles. The number of hydrogen-bond acceptors (Lipinski definition) is 5. The predicted molar refractivity (Wildman–Crippen MR) is 121 cm³/mol. The summed E-state index contributed by atoms with van der Waals surface area (Å²) in [6.07, 6.45) is 7.56. The molecule has 0 spiro atoms. The van der Waals surface area contributed by atoms with E-state index in [1.165, 1.54) is 14.8 Å². The Morgan fingerprint density at radius 3 is 1.78 bits per heavy atom. The Bertz CT molecular complexity index is 850. The Morgan fingerprint density at radius 2 is 1.28 bits per heavy atom. The van der Waals surface area contributed by atoms with Gasteiger partial charge in [-0.2, -0.15) is 11.8 Å². The van der Waals surface area contributed by atoms with Crippen LogP contribution in [-0.2, 0) is 42.1 Å². The molecular formula is C23H33N4O3W2-3. The number of para-hydroxylation sites is 4. The Kier molecular flexibility index (Phi) is 27.4. The van der Waals surface area contributed by atoms with Crippen molar-refractivity contribution in [3.8, 4) is 0 Å². The van der Waals surface area contributed by atoms with E-state index in [0.29, 0.717) is 20.5 Å². The molecule has 0 aliphatic carbocycles. The SMILES string of the molecule is CC.CC.C[O-].[3H]C.[3H]C.[O-][n+]1[c-]c[n+]([O-])c2ccccc21.[W].[W].[c-]1cnc2ccccc2n1. The van der Waals surface area contributed by atoms with Crippen LogP contribution in [0.15, 0.2) is 60.9 Å². The van der Waals surface area contributed by atoms with Crippen molar-refractivity contribution in [1.82, 2.24) is 9.97 Å². The van der Waals surface area contributed by atoms with Gasteiger partial charge < -0.3 is 25.2 Å². The average Bonchev–Trinajstić information content (AvgIpc) is 2.93. The van der Waals surface area contributed by atoms with E-state index in [9.17, 15) is 10.4 Å². The van der Waals surface area contributed by atoms with E-state index in [4.69, 9.17) is 7.85 Å². The third-order valence-corrected chi connectivity index (χ3v) is 2.96. The molecule has 0 N–H and O–H groups in total. The van der Waals surface area contributed by atoms with Gasteiger partial charge in [0.15, 0.2) is 6.20 Å². The Morgan fingerprint density at radius 1 is 0.812 bits per heavy atom. The minimum absolute atomic E-state index is 0. The van der Waals surface area contributed by atoms with Gasteiger partial charge in [0.05, 0.1) is 0 Å². The third-order valence-electron chi connectivity index (χ3n) is 2.96. The van der Waals surface area contributed by atoms with Crippen molar-refractivity contribution in [2.45, 2.75) is 42.5 Å². The molecule has 178 valence electrons. The second-order valence-electron chi connectivity index (χ2n) is 4.35. The maximum atomic E-state index is 11.1. The zero-order valence-corrected chi connectivity index (χ0v) is 25.5. The van der Waals surface area contributed by atoms with Gasteiger partial charge in [-0.1, -0.05) is 84.4 Å². The average molecular weight is 785 g/mol. The van der Waals surface area contributed by atoms with Crippen LogP contribution in [0.4, 0.5) is 0 Å². The first-order chi connectivity index (χ1) is 15.8. The van der Waals surface area contributed by atoms with Crippen molar-refractivity contribution >= 4 is 22.1 Å². The summed E-state index contributed by atoms with van der Waals surface area (Å²) in [6, 6.07) is 14.3. The number of nitrogens with zero attached hydrogens (tertiary/aromatic N) is 4. The van der Waals surface area contributed by atoms with Crippen LogP contribution in [0.25, 0.3) is 22.1 Å². The molecular weight excluding hydrogens is 748 g/mol. The normalized spacial score (nSPS) is 8.00. The van der Waals surface area contributed by atoms with Crippen LogP contribution >= 0.6 is 0 Å². The molecule has 4 rings (SSSR count). The number of rotatable bonds is 0. The maximum Gasteiger partial charge on any atom is 0.205 e. The summed E-state index contributed by atoms with van der Waals surface area (Å²) in [5.74, 6) is 0. The van der Waals surface area contributed by atoms with Crippen molar-refractivity contribution in [2.75, 3.05) is 7.11 Å². The number of aromatic nitrogens is 4. The molecule has 4 aromatic rings. The molecule has 0 radical (unpaired) electrons. The molecule has 2 heterocycles. The number of fused-ring (bicyclic) bond motifs is 2. The molecule has 2 aromatic heterocycles. The van der Waals surface area contributed by atoms with E-state index < -0.39 is 0 Å². The van der Waals surface area contributed by atoms with Gasteiger partial charge in [0.1, 0.15) is 11.7 Å². The molecule has 0 saturated carbocycles. The van der Waals surface area contributed by atoms with E-state index >= 15 is 0 Å².